The molecule has 1 heterocycles. The third-order valence-electron chi connectivity index (χ3n) is 3.93. The number of rotatable bonds is 3. The zero-order valence-electron chi connectivity index (χ0n) is 13.3. The predicted octanol–water partition coefficient (Wildman–Crippen LogP) is 3.62. The summed E-state index contributed by atoms with van der Waals surface area (Å²) in [5.41, 5.74) is 3.97. The average Bonchev–Trinajstić information content (AvgIpc) is 2.92. The Balaban J connectivity index is 2.03. The lowest BCUT2D eigenvalue weighted by Crippen LogP contribution is -2.00. The van der Waals surface area contributed by atoms with E-state index in [2.05, 4.69) is 5.16 Å². The molecule has 1 atom stereocenters. The third-order valence-corrected chi connectivity index (χ3v) is 3.93. The van der Waals surface area contributed by atoms with Gasteiger partial charge in [-0.3, -0.25) is 0 Å². The first-order valence-corrected chi connectivity index (χ1v) is 7.45. The minimum absolute atomic E-state index is 0.0511. The Hall–Kier alpha value is -3.10. The predicted molar refractivity (Wildman–Crippen MR) is 88.3 cm³/mol. The van der Waals surface area contributed by atoms with Crippen LogP contribution in [0.4, 0.5) is 0 Å². The molecular formula is C19H16N2O3. The standard InChI is InChI=1S/C19H16N2O3/c1-11-18(12(2)24-21-11)15-7-16(9-17(22)8-15)19(23)14-5-3-13(10-20)4-6-14/h3-9,19,22-23H,1-2H3. The molecule has 0 fully saturated rings. The van der Waals surface area contributed by atoms with E-state index in [1.807, 2.05) is 13.0 Å². The van der Waals surface area contributed by atoms with Gasteiger partial charge in [0.2, 0.25) is 0 Å². The number of aliphatic hydroxyl groups is 1. The molecular weight excluding hydrogens is 304 g/mol. The summed E-state index contributed by atoms with van der Waals surface area (Å²) in [6.45, 7) is 3.63. The van der Waals surface area contributed by atoms with Crippen molar-refractivity contribution in [3.63, 3.8) is 0 Å². The molecule has 3 rings (SSSR count). The van der Waals surface area contributed by atoms with E-state index in [0.29, 0.717) is 22.5 Å². The highest BCUT2D eigenvalue weighted by Crippen LogP contribution is 2.33. The van der Waals surface area contributed by atoms with Crippen LogP contribution in [-0.2, 0) is 0 Å². The summed E-state index contributed by atoms with van der Waals surface area (Å²) in [4.78, 5) is 0. The van der Waals surface area contributed by atoms with E-state index < -0.39 is 6.10 Å². The molecule has 0 spiro atoms. The minimum atomic E-state index is -0.913. The summed E-state index contributed by atoms with van der Waals surface area (Å²) in [5.74, 6) is 0.701. The van der Waals surface area contributed by atoms with Crippen LogP contribution < -0.4 is 0 Å². The first-order valence-electron chi connectivity index (χ1n) is 7.45. The van der Waals surface area contributed by atoms with E-state index in [1.54, 1.807) is 43.3 Å². The maximum atomic E-state index is 10.6. The molecule has 0 aliphatic rings. The van der Waals surface area contributed by atoms with Crippen LogP contribution in [0.25, 0.3) is 11.1 Å². The van der Waals surface area contributed by atoms with Crippen LogP contribution in [0.5, 0.6) is 5.75 Å². The molecule has 3 aromatic rings. The molecule has 5 nitrogen and oxygen atoms in total. The Bertz CT molecular complexity index is 901. The Morgan fingerprint density at radius 1 is 1.08 bits per heavy atom. The van der Waals surface area contributed by atoms with Crippen molar-refractivity contribution < 1.29 is 14.7 Å². The number of nitrogens with zero attached hydrogens (tertiary/aromatic N) is 2. The Morgan fingerprint density at radius 3 is 2.38 bits per heavy atom. The zero-order chi connectivity index (χ0) is 17.3. The molecule has 2 N–H and O–H groups in total. The number of aromatic hydroxyl groups is 1. The number of phenols is 1. The summed E-state index contributed by atoms with van der Waals surface area (Å²) < 4.78 is 5.18. The van der Waals surface area contributed by atoms with Gasteiger partial charge in [-0.2, -0.15) is 5.26 Å². The number of phenolic OH excluding ortho intramolecular Hbond substituents is 1. The fourth-order valence-electron chi connectivity index (χ4n) is 2.76. The van der Waals surface area contributed by atoms with E-state index in [-0.39, 0.29) is 5.75 Å². The maximum Gasteiger partial charge on any atom is 0.141 e. The summed E-state index contributed by atoms with van der Waals surface area (Å²) >= 11 is 0. The van der Waals surface area contributed by atoms with Gasteiger partial charge in [0.25, 0.3) is 0 Å². The third kappa shape index (κ3) is 2.87. The molecule has 0 saturated heterocycles. The van der Waals surface area contributed by atoms with Crippen LogP contribution in [-0.4, -0.2) is 15.4 Å². The second kappa shape index (κ2) is 6.19. The number of aliphatic hydroxyl groups excluding tert-OH is 1. The van der Waals surface area contributed by atoms with Crippen LogP contribution in [0, 0.1) is 25.2 Å². The van der Waals surface area contributed by atoms with Crippen LogP contribution in [0.3, 0.4) is 0 Å². The first kappa shape index (κ1) is 15.8. The van der Waals surface area contributed by atoms with Crippen LogP contribution in [0.2, 0.25) is 0 Å². The highest BCUT2D eigenvalue weighted by Gasteiger charge is 2.17. The number of aryl methyl sites for hydroxylation is 2. The number of hydrogen-bond donors (Lipinski definition) is 2. The maximum absolute atomic E-state index is 10.6. The van der Waals surface area contributed by atoms with Gasteiger partial charge in [-0.15, -0.1) is 0 Å². The van der Waals surface area contributed by atoms with Gasteiger partial charge < -0.3 is 14.7 Å². The number of hydrogen-bond acceptors (Lipinski definition) is 5. The van der Waals surface area contributed by atoms with Crippen molar-refractivity contribution in [1.82, 2.24) is 5.16 Å². The number of benzene rings is 2. The fourth-order valence-corrected chi connectivity index (χ4v) is 2.76. The van der Waals surface area contributed by atoms with Gasteiger partial charge in [-0.1, -0.05) is 17.3 Å². The van der Waals surface area contributed by atoms with E-state index in [1.165, 1.54) is 6.07 Å². The largest absolute Gasteiger partial charge is 0.508 e. The summed E-state index contributed by atoms with van der Waals surface area (Å²) in [6, 6.07) is 13.7. The van der Waals surface area contributed by atoms with Crippen LogP contribution in [0.1, 0.15) is 34.2 Å². The van der Waals surface area contributed by atoms with E-state index in [0.717, 1.165) is 16.8 Å². The monoisotopic (exact) mass is 320 g/mol. The molecule has 0 amide bonds. The van der Waals surface area contributed by atoms with Gasteiger partial charge in [0.05, 0.1) is 17.3 Å². The molecule has 120 valence electrons. The van der Waals surface area contributed by atoms with Crippen molar-refractivity contribution in [3.8, 4) is 22.9 Å². The van der Waals surface area contributed by atoms with Gasteiger partial charge in [0.15, 0.2) is 0 Å². The smallest absolute Gasteiger partial charge is 0.141 e. The topological polar surface area (TPSA) is 90.3 Å². The minimum Gasteiger partial charge on any atom is -0.508 e. The SMILES string of the molecule is Cc1noc(C)c1-c1cc(O)cc(C(O)c2ccc(C#N)cc2)c1. The van der Waals surface area contributed by atoms with Crippen molar-refractivity contribution in [1.29, 1.82) is 5.26 Å². The van der Waals surface area contributed by atoms with Gasteiger partial charge in [0, 0.05) is 5.56 Å². The normalized spacial score (nSPS) is 11.9. The van der Waals surface area contributed by atoms with Gasteiger partial charge in [0.1, 0.15) is 17.6 Å². The Morgan fingerprint density at radius 2 is 1.79 bits per heavy atom. The lowest BCUT2D eigenvalue weighted by atomic mass is 9.95. The van der Waals surface area contributed by atoms with Gasteiger partial charge in [-0.25, -0.2) is 0 Å². The highest BCUT2D eigenvalue weighted by atomic mass is 16.5. The van der Waals surface area contributed by atoms with Gasteiger partial charge in [-0.05, 0) is 60.9 Å². The molecule has 0 aliphatic heterocycles. The number of nitriles is 1. The van der Waals surface area contributed by atoms with Crippen LogP contribution in [0.15, 0.2) is 47.0 Å². The molecule has 1 aromatic heterocycles. The molecule has 0 saturated carbocycles. The van der Waals surface area contributed by atoms with E-state index in [4.69, 9.17) is 9.78 Å². The van der Waals surface area contributed by atoms with E-state index in [9.17, 15) is 10.2 Å². The highest BCUT2D eigenvalue weighted by molar-refractivity contribution is 5.70. The molecule has 0 aliphatic carbocycles. The second-order valence-electron chi connectivity index (χ2n) is 5.65. The first-order chi connectivity index (χ1) is 11.5. The number of aromatic nitrogens is 1. The zero-order valence-corrected chi connectivity index (χ0v) is 13.3. The molecule has 5 heteroatoms. The molecule has 2 aromatic carbocycles. The lowest BCUT2D eigenvalue weighted by molar-refractivity contribution is 0.220. The van der Waals surface area contributed by atoms with Crippen molar-refractivity contribution in [3.05, 3.63) is 70.6 Å². The molecule has 1 unspecified atom stereocenters. The molecule has 0 bridgehead atoms. The quantitative estimate of drug-likeness (QED) is 0.769. The molecule has 0 radical (unpaired) electrons. The van der Waals surface area contributed by atoms with Gasteiger partial charge >= 0.3 is 0 Å². The second-order valence-corrected chi connectivity index (χ2v) is 5.65. The summed E-state index contributed by atoms with van der Waals surface area (Å²) in [5, 5.41) is 33.4. The summed E-state index contributed by atoms with van der Waals surface area (Å²) in [6.07, 6.45) is -0.913. The van der Waals surface area contributed by atoms with Crippen molar-refractivity contribution in [2.45, 2.75) is 20.0 Å². The van der Waals surface area contributed by atoms with Crippen molar-refractivity contribution in [2.24, 2.45) is 0 Å². The van der Waals surface area contributed by atoms with E-state index >= 15 is 0 Å². The van der Waals surface area contributed by atoms with Crippen molar-refractivity contribution >= 4 is 0 Å². The fraction of sp³-hybridized carbons (Fsp3) is 0.158. The lowest BCUT2D eigenvalue weighted by Gasteiger charge is -2.14. The summed E-state index contributed by atoms with van der Waals surface area (Å²) in [7, 11) is 0. The average molecular weight is 320 g/mol. The Labute approximate surface area is 139 Å². The van der Waals surface area contributed by atoms with Crippen LogP contribution >= 0.6 is 0 Å². The Kier molecular flexibility index (Phi) is 4.07. The molecule has 24 heavy (non-hydrogen) atoms. The van der Waals surface area contributed by atoms with Crippen molar-refractivity contribution in [2.75, 3.05) is 0 Å².